The first-order chi connectivity index (χ1) is 24.8. The fourth-order valence-corrected chi connectivity index (χ4v) is 5.53. The van der Waals surface area contributed by atoms with E-state index in [1.807, 2.05) is 111 Å². The maximum absolute atomic E-state index is 4.93. The summed E-state index contributed by atoms with van der Waals surface area (Å²) in [5, 5.41) is 0. The number of aliphatic imine (C=N–C) groups is 2. The molecule has 0 aliphatic rings. The minimum absolute atomic E-state index is 0.0384. The highest BCUT2D eigenvalue weighted by Gasteiger charge is 2.17. The van der Waals surface area contributed by atoms with Gasteiger partial charge in [0.15, 0.2) is 0 Å². The maximum Gasteiger partial charge on any atom is 0.0894 e. The van der Waals surface area contributed by atoms with E-state index in [9.17, 15) is 0 Å². The van der Waals surface area contributed by atoms with Crippen LogP contribution in [0.3, 0.4) is 0 Å². The molecule has 0 atom stereocenters. The summed E-state index contributed by atoms with van der Waals surface area (Å²) in [6, 6.07) is 36.1. The first-order valence-corrected chi connectivity index (χ1v) is 17.7. The Morgan fingerprint density at radius 3 is 1.08 bits per heavy atom. The van der Waals surface area contributed by atoms with E-state index >= 15 is 0 Å². The molecule has 0 bridgehead atoms. The highest BCUT2D eigenvalue weighted by atomic mass is 14.9. The van der Waals surface area contributed by atoms with E-state index in [2.05, 4.69) is 53.7 Å². The van der Waals surface area contributed by atoms with Crippen molar-refractivity contribution in [3.05, 3.63) is 143 Å². The molecule has 6 rings (SSSR count). The van der Waals surface area contributed by atoms with Crippen molar-refractivity contribution >= 4 is 11.4 Å². The second-order valence-corrected chi connectivity index (χ2v) is 15.0. The molecule has 0 radical (unpaired) electrons. The van der Waals surface area contributed by atoms with Crippen LogP contribution in [0.15, 0.2) is 119 Å². The zero-order valence-corrected chi connectivity index (χ0v) is 31.4. The lowest BCUT2D eigenvalue weighted by Gasteiger charge is -2.18. The van der Waals surface area contributed by atoms with Crippen molar-refractivity contribution < 1.29 is 0 Å². The Hall–Kier alpha value is -5.76. The summed E-state index contributed by atoms with van der Waals surface area (Å²) in [6.07, 6.45) is 0. The molecule has 0 saturated carbocycles. The fourth-order valence-electron chi connectivity index (χ4n) is 5.53. The lowest BCUT2D eigenvalue weighted by atomic mass is 9.91. The molecule has 8 heteroatoms. The Morgan fingerprint density at radius 2 is 0.712 bits per heavy atom. The molecule has 6 heterocycles. The van der Waals surface area contributed by atoms with Crippen molar-refractivity contribution in [1.82, 2.24) is 29.9 Å². The van der Waals surface area contributed by atoms with Crippen molar-refractivity contribution in [3.63, 3.8) is 0 Å². The minimum Gasteiger partial charge on any atom is -0.281 e. The summed E-state index contributed by atoms with van der Waals surface area (Å²) in [4.78, 5) is 39.0. The number of nitrogens with zero attached hydrogens (tertiary/aromatic N) is 8. The van der Waals surface area contributed by atoms with Crippen LogP contribution in [0.1, 0.15) is 89.6 Å². The molecule has 0 amide bonds. The standard InChI is InChI=1S/C44H46N8/c1-29(45-27-31-15-9-19-35(47-31)39-23-13-25-41(51-39)43(3,4)5)33-17-11-21-37(49-33)38-22-12-18-34(50-38)30(2)46-28-32-16-10-20-36(48-32)40-24-14-26-42(52-40)44(6,7)8/h9-26H,27-28H2,1-8H3. The predicted octanol–water partition coefficient (Wildman–Crippen LogP) is 9.67. The summed E-state index contributed by atoms with van der Waals surface area (Å²) in [6.45, 7) is 17.8. The van der Waals surface area contributed by atoms with Gasteiger partial charge in [0.25, 0.3) is 0 Å². The smallest absolute Gasteiger partial charge is 0.0894 e. The third kappa shape index (κ3) is 8.93. The van der Waals surface area contributed by atoms with Gasteiger partial charge in [-0.2, -0.15) is 0 Å². The predicted molar refractivity (Wildman–Crippen MR) is 212 cm³/mol. The largest absolute Gasteiger partial charge is 0.281 e. The van der Waals surface area contributed by atoms with Crippen LogP contribution in [0.5, 0.6) is 0 Å². The quantitative estimate of drug-likeness (QED) is 0.140. The van der Waals surface area contributed by atoms with Crippen molar-refractivity contribution in [2.45, 2.75) is 79.3 Å². The van der Waals surface area contributed by atoms with Crippen LogP contribution in [0.25, 0.3) is 34.2 Å². The van der Waals surface area contributed by atoms with Gasteiger partial charge in [-0.3, -0.25) is 20.0 Å². The van der Waals surface area contributed by atoms with Crippen molar-refractivity contribution in [2.24, 2.45) is 9.98 Å². The SMILES string of the molecule is CC(=NCc1cccc(-c2cccc(C(C)(C)C)n2)n1)c1cccc(-c2cccc(C(C)=NCc3cccc(-c4cccc(C(C)(C)C)n4)n3)n2)n1. The minimum atomic E-state index is -0.0384. The average Bonchev–Trinajstić information content (AvgIpc) is 3.16. The lowest BCUT2D eigenvalue weighted by Crippen LogP contribution is -2.13. The molecule has 6 aromatic rings. The van der Waals surface area contributed by atoms with E-state index in [0.29, 0.717) is 13.1 Å². The van der Waals surface area contributed by atoms with Gasteiger partial charge in [0.05, 0.1) is 81.5 Å². The topological polar surface area (TPSA) is 102 Å². The summed E-state index contributed by atoms with van der Waals surface area (Å²) < 4.78 is 0. The second kappa shape index (κ2) is 15.2. The van der Waals surface area contributed by atoms with Crippen molar-refractivity contribution in [3.8, 4) is 34.2 Å². The van der Waals surface area contributed by atoms with Gasteiger partial charge in [0.2, 0.25) is 0 Å². The van der Waals surface area contributed by atoms with Crippen LogP contribution >= 0.6 is 0 Å². The van der Waals surface area contributed by atoms with Gasteiger partial charge in [0, 0.05) is 22.2 Å². The van der Waals surface area contributed by atoms with Gasteiger partial charge in [-0.1, -0.05) is 77.9 Å². The number of hydrogen-bond acceptors (Lipinski definition) is 8. The lowest BCUT2D eigenvalue weighted by molar-refractivity contribution is 0.569. The molecule has 0 saturated heterocycles. The van der Waals surface area contributed by atoms with E-state index in [-0.39, 0.29) is 10.8 Å². The molecule has 0 spiro atoms. The van der Waals surface area contributed by atoms with Gasteiger partial charge in [-0.25, -0.2) is 19.9 Å². The second-order valence-electron chi connectivity index (χ2n) is 15.0. The Labute approximate surface area is 307 Å². The zero-order chi connectivity index (χ0) is 36.9. The highest BCUT2D eigenvalue weighted by molar-refractivity contribution is 5.98. The molecular formula is C44H46N8. The van der Waals surface area contributed by atoms with E-state index < -0.39 is 0 Å². The fraction of sp³-hybridized carbons (Fsp3) is 0.273. The molecule has 0 aliphatic heterocycles. The van der Waals surface area contributed by atoms with Crippen LogP contribution in [0.2, 0.25) is 0 Å². The molecule has 8 nitrogen and oxygen atoms in total. The number of rotatable bonds is 9. The molecule has 0 aliphatic carbocycles. The van der Waals surface area contributed by atoms with Gasteiger partial charge in [-0.15, -0.1) is 0 Å². The number of pyridine rings is 6. The van der Waals surface area contributed by atoms with Gasteiger partial charge >= 0.3 is 0 Å². The summed E-state index contributed by atoms with van der Waals surface area (Å²) in [7, 11) is 0. The summed E-state index contributed by atoms with van der Waals surface area (Å²) in [5.41, 5.74) is 11.9. The Bertz CT molecular complexity index is 2100. The average molecular weight is 687 g/mol. The van der Waals surface area contributed by atoms with E-state index in [4.69, 9.17) is 39.9 Å². The van der Waals surface area contributed by atoms with Crippen molar-refractivity contribution in [1.29, 1.82) is 0 Å². The van der Waals surface area contributed by atoms with Gasteiger partial charge in [-0.05, 0) is 86.6 Å². The molecule has 0 N–H and O–H groups in total. The molecule has 0 unspecified atom stereocenters. The van der Waals surface area contributed by atoms with Crippen molar-refractivity contribution in [2.75, 3.05) is 0 Å². The maximum atomic E-state index is 4.93. The number of aromatic nitrogens is 6. The molecule has 0 fully saturated rings. The van der Waals surface area contributed by atoms with Crippen LogP contribution < -0.4 is 0 Å². The normalized spacial score (nSPS) is 12.6. The third-order valence-corrected chi connectivity index (χ3v) is 8.63. The molecular weight excluding hydrogens is 641 g/mol. The van der Waals surface area contributed by atoms with E-state index in [0.717, 1.165) is 79.8 Å². The molecule has 0 aromatic carbocycles. The molecule has 52 heavy (non-hydrogen) atoms. The molecule has 262 valence electrons. The van der Waals surface area contributed by atoms with E-state index in [1.54, 1.807) is 0 Å². The van der Waals surface area contributed by atoms with Crippen LogP contribution in [-0.4, -0.2) is 41.3 Å². The summed E-state index contributed by atoms with van der Waals surface area (Å²) in [5.74, 6) is 0. The Morgan fingerprint density at radius 1 is 0.404 bits per heavy atom. The van der Waals surface area contributed by atoms with Gasteiger partial charge < -0.3 is 0 Å². The van der Waals surface area contributed by atoms with Crippen LogP contribution in [-0.2, 0) is 23.9 Å². The molecule has 6 aromatic heterocycles. The third-order valence-electron chi connectivity index (χ3n) is 8.63. The Kier molecular flexibility index (Phi) is 10.6. The monoisotopic (exact) mass is 686 g/mol. The highest BCUT2D eigenvalue weighted by Crippen LogP contribution is 2.25. The zero-order valence-electron chi connectivity index (χ0n) is 31.4. The first kappa shape index (κ1) is 36.0. The van der Waals surface area contributed by atoms with Crippen LogP contribution in [0, 0.1) is 0 Å². The van der Waals surface area contributed by atoms with E-state index in [1.165, 1.54) is 0 Å². The Balaban J connectivity index is 1.15. The first-order valence-electron chi connectivity index (χ1n) is 17.7. The van der Waals surface area contributed by atoms with Crippen LogP contribution in [0.4, 0.5) is 0 Å². The summed E-state index contributed by atoms with van der Waals surface area (Å²) >= 11 is 0. The number of hydrogen-bond donors (Lipinski definition) is 0. The van der Waals surface area contributed by atoms with Gasteiger partial charge in [0.1, 0.15) is 0 Å².